The molecule has 0 saturated carbocycles. The standard InChI is InChI=1S/C17H15F6N2S/c18-16(19,20)12-8-11(9-13(10-12)17(21,22)23)6-7-24-15(26)25-14-4-2-1-3-5-14/h1-2,4-5,8-10H,3,6-7H2,(H2,24,25,26). The van der Waals surface area contributed by atoms with Gasteiger partial charge in [-0.15, -0.1) is 0 Å². The van der Waals surface area contributed by atoms with E-state index in [1.54, 1.807) is 6.08 Å². The summed E-state index contributed by atoms with van der Waals surface area (Å²) in [6.45, 7) is 0.0908. The Morgan fingerprint density at radius 2 is 1.62 bits per heavy atom. The average Bonchev–Trinajstić information content (AvgIpc) is 2.54. The molecule has 0 amide bonds. The summed E-state index contributed by atoms with van der Waals surface area (Å²) in [5, 5.41) is 5.90. The van der Waals surface area contributed by atoms with Crippen LogP contribution in [0.4, 0.5) is 26.3 Å². The lowest BCUT2D eigenvalue weighted by molar-refractivity contribution is -0.143. The zero-order valence-corrected chi connectivity index (χ0v) is 14.2. The van der Waals surface area contributed by atoms with Gasteiger partial charge in [0, 0.05) is 12.2 Å². The Kier molecular flexibility index (Phi) is 6.33. The van der Waals surface area contributed by atoms with Gasteiger partial charge in [-0.25, -0.2) is 0 Å². The summed E-state index contributed by atoms with van der Waals surface area (Å²) in [7, 11) is 0. The van der Waals surface area contributed by atoms with E-state index in [1.807, 2.05) is 18.6 Å². The molecule has 1 aliphatic rings. The number of benzene rings is 1. The van der Waals surface area contributed by atoms with Gasteiger partial charge in [-0.3, -0.25) is 0 Å². The summed E-state index contributed by atoms with van der Waals surface area (Å²) in [6, 6.07) is 1.55. The molecule has 1 aromatic rings. The minimum Gasteiger partial charge on any atom is -0.362 e. The zero-order valence-electron chi connectivity index (χ0n) is 13.3. The van der Waals surface area contributed by atoms with Gasteiger partial charge in [0.05, 0.1) is 11.1 Å². The molecule has 2 nitrogen and oxygen atoms in total. The quantitative estimate of drug-likeness (QED) is 0.569. The fourth-order valence-electron chi connectivity index (χ4n) is 2.27. The lowest BCUT2D eigenvalue weighted by Crippen LogP contribution is -2.35. The smallest absolute Gasteiger partial charge is 0.362 e. The van der Waals surface area contributed by atoms with Crippen LogP contribution in [0.3, 0.4) is 0 Å². The van der Waals surface area contributed by atoms with Crippen LogP contribution >= 0.6 is 12.2 Å². The number of halogens is 6. The van der Waals surface area contributed by atoms with E-state index in [1.165, 1.54) is 0 Å². The molecule has 0 fully saturated rings. The second kappa shape index (κ2) is 8.11. The third-order valence-corrected chi connectivity index (χ3v) is 3.74. The fraction of sp³-hybridized carbons (Fsp3) is 0.294. The van der Waals surface area contributed by atoms with Crippen LogP contribution in [0, 0.1) is 6.42 Å². The lowest BCUT2D eigenvalue weighted by Gasteiger charge is -2.15. The highest BCUT2D eigenvalue weighted by atomic mass is 32.1. The van der Waals surface area contributed by atoms with Crippen LogP contribution < -0.4 is 10.6 Å². The molecule has 0 bridgehead atoms. The van der Waals surface area contributed by atoms with Crippen LogP contribution in [-0.4, -0.2) is 11.7 Å². The van der Waals surface area contributed by atoms with Crippen molar-refractivity contribution < 1.29 is 26.3 Å². The predicted molar refractivity (Wildman–Crippen MR) is 90.0 cm³/mol. The number of hydrogen-bond acceptors (Lipinski definition) is 1. The van der Waals surface area contributed by atoms with Crippen molar-refractivity contribution in [3.63, 3.8) is 0 Å². The Morgan fingerprint density at radius 3 is 2.12 bits per heavy atom. The highest BCUT2D eigenvalue weighted by Crippen LogP contribution is 2.36. The van der Waals surface area contributed by atoms with Gasteiger partial charge in [0.1, 0.15) is 0 Å². The molecule has 9 heteroatoms. The van der Waals surface area contributed by atoms with Crippen molar-refractivity contribution >= 4 is 17.3 Å². The average molecular weight is 393 g/mol. The van der Waals surface area contributed by atoms with Gasteiger partial charge in [0.15, 0.2) is 5.11 Å². The molecule has 2 rings (SSSR count). The maximum absolute atomic E-state index is 12.8. The molecule has 1 aromatic carbocycles. The molecule has 1 radical (unpaired) electrons. The third kappa shape index (κ3) is 6.05. The largest absolute Gasteiger partial charge is 0.416 e. The molecule has 26 heavy (non-hydrogen) atoms. The molecule has 0 aromatic heterocycles. The normalized spacial score (nSPS) is 14.8. The Labute approximate surface area is 152 Å². The van der Waals surface area contributed by atoms with Gasteiger partial charge in [0.25, 0.3) is 0 Å². The van der Waals surface area contributed by atoms with Crippen LogP contribution in [0.25, 0.3) is 0 Å². The van der Waals surface area contributed by atoms with Crippen LogP contribution in [0.2, 0.25) is 0 Å². The number of thiocarbonyl (C=S) groups is 1. The summed E-state index contributed by atoms with van der Waals surface area (Å²) in [6.07, 6.45) is -1.55. The third-order valence-electron chi connectivity index (χ3n) is 3.49. The second-order valence-corrected chi connectivity index (χ2v) is 5.94. The number of rotatable bonds is 4. The molecule has 0 aliphatic heterocycles. The first-order valence-corrected chi connectivity index (χ1v) is 8.00. The van der Waals surface area contributed by atoms with Crippen molar-refractivity contribution in [2.75, 3.05) is 6.54 Å². The first kappa shape index (κ1) is 20.3. The van der Waals surface area contributed by atoms with E-state index in [0.29, 0.717) is 0 Å². The van der Waals surface area contributed by atoms with Crippen molar-refractivity contribution in [2.45, 2.75) is 25.2 Å². The molecule has 2 N–H and O–H groups in total. The minimum absolute atomic E-state index is 0.0442. The van der Waals surface area contributed by atoms with Gasteiger partial charge < -0.3 is 10.6 Å². The monoisotopic (exact) mass is 393 g/mol. The van der Waals surface area contributed by atoms with Crippen molar-refractivity contribution in [3.05, 3.63) is 65.2 Å². The molecular formula is C17H15F6N2S. The van der Waals surface area contributed by atoms with Gasteiger partial charge >= 0.3 is 12.4 Å². The summed E-state index contributed by atoms with van der Waals surface area (Å²) in [5.74, 6) is 0. The van der Waals surface area contributed by atoms with E-state index < -0.39 is 23.5 Å². The number of nitrogens with one attached hydrogen (secondary N) is 2. The summed E-state index contributed by atoms with van der Waals surface area (Å²) < 4.78 is 76.9. The summed E-state index contributed by atoms with van der Waals surface area (Å²) in [5.41, 5.74) is -1.95. The Hall–Kier alpha value is -2.03. The topological polar surface area (TPSA) is 24.1 Å². The number of alkyl halides is 6. The van der Waals surface area contributed by atoms with E-state index >= 15 is 0 Å². The summed E-state index contributed by atoms with van der Waals surface area (Å²) in [4.78, 5) is 0. The molecule has 0 unspecified atom stereocenters. The fourth-order valence-corrected chi connectivity index (χ4v) is 2.49. The van der Waals surface area contributed by atoms with Gasteiger partial charge in [-0.1, -0.05) is 12.2 Å². The van der Waals surface area contributed by atoms with E-state index in [9.17, 15) is 26.3 Å². The van der Waals surface area contributed by atoms with Crippen molar-refractivity contribution in [3.8, 4) is 0 Å². The van der Waals surface area contributed by atoms with Crippen LogP contribution in [0.1, 0.15) is 23.1 Å². The minimum atomic E-state index is -4.85. The highest BCUT2D eigenvalue weighted by Gasteiger charge is 2.36. The predicted octanol–water partition coefficient (Wildman–Crippen LogP) is 4.78. The molecule has 0 spiro atoms. The lowest BCUT2D eigenvalue weighted by atomic mass is 10.0. The Morgan fingerprint density at radius 1 is 1.00 bits per heavy atom. The summed E-state index contributed by atoms with van der Waals surface area (Å²) >= 11 is 5.05. The van der Waals surface area contributed by atoms with Gasteiger partial charge in [-0.05, 0) is 61.3 Å². The van der Waals surface area contributed by atoms with Crippen LogP contribution in [-0.2, 0) is 18.8 Å². The molecule has 0 saturated heterocycles. The van der Waals surface area contributed by atoms with E-state index in [4.69, 9.17) is 12.2 Å². The number of hydrogen-bond donors (Lipinski definition) is 2. The van der Waals surface area contributed by atoms with Gasteiger partial charge in [-0.2, -0.15) is 26.3 Å². The molecule has 0 heterocycles. The van der Waals surface area contributed by atoms with E-state index in [-0.39, 0.29) is 29.7 Å². The van der Waals surface area contributed by atoms with Gasteiger partial charge in [0.2, 0.25) is 0 Å². The SMILES string of the molecule is FC(F)(F)c1cc(CCNC(=S)NC2=CC[CH]C=C2)cc(C(F)(F)F)c1. The van der Waals surface area contributed by atoms with Crippen molar-refractivity contribution in [2.24, 2.45) is 0 Å². The molecule has 1 aliphatic carbocycles. The first-order chi connectivity index (χ1) is 12.1. The molecular weight excluding hydrogens is 378 g/mol. The zero-order chi connectivity index (χ0) is 19.4. The van der Waals surface area contributed by atoms with Crippen molar-refractivity contribution in [1.82, 2.24) is 10.6 Å². The van der Waals surface area contributed by atoms with Crippen molar-refractivity contribution in [1.29, 1.82) is 0 Å². The van der Waals surface area contributed by atoms with E-state index in [2.05, 4.69) is 10.6 Å². The van der Waals surface area contributed by atoms with Crippen LogP contribution in [0.15, 0.2) is 42.1 Å². The van der Waals surface area contributed by atoms with Crippen LogP contribution in [0.5, 0.6) is 0 Å². The second-order valence-electron chi connectivity index (χ2n) is 5.54. The Balaban J connectivity index is 2.01. The molecule has 141 valence electrons. The first-order valence-electron chi connectivity index (χ1n) is 7.59. The highest BCUT2D eigenvalue weighted by molar-refractivity contribution is 7.80. The van der Waals surface area contributed by atoms with E-state index in [0.717, 1.165) is 24.3 Å². The maximum Gasteiger partial charge on any atom is 0.416 e. The maximum atomic E-state index is 12.8. The number of allylic oxidation sites excluding steroid dienone is 3. The Bertz CT molecular complexity index is 687. The molecule has 0 atom stereocenters.